The number of aryl methyl sites for hydroxylation is 1. The lowest BCUT2D eigenvalue weighted by Crippen LogP contribution is -2.44. The summed E-state index contributed by atoms with van der Waals surface area (Å²) in [5, 5.41) is 3.00. The molecule has 1 saturated carbocycles. The van der Waals surface area contributed by atoms with Crippen molar-refractivity contribution >= 4 is 6.03 Å². The number of nitrogens with zero attached hydrogens (tertiary/aromatic N) is 3. The van der Waals surface area contributed by atoms with Crippen molar-refractivity contribution in [3.05, 3.63) is 18.2 Å². The molecule has 0 bridgehead atoms. The highest BCUT2D eigenvalue weighted by Crippen LogP contribution is 2.34. The Morgan fingerprint density at radius 3 is 3.05 bits per heavy atom. The molecule has 1 saturated heterocycles. The number of imidazole rings is 1. The van der Waals surface area contributed by atoms with Gasteiger partial charge in [0.25, 0.3) is 0 Å². The normalized spacial score (nSPS) is 23.0. The molecule has 1 aromatic rings. The summed E-state index contributed by atoms with van der Waals surface area (Å²) in [6, 6.07) is 0.000441. The van der Waals surface area contributed by atoms with Crippen molar-refractivity contribution in [2.75, 3.05) is 26.3 Å². The maximum Gasteiger partial charge on any atom is 0.317 e. The van der Waals surface area contributed by atoms with E-state index in [-0.39, 0.29) is 6.03 Å². The zero-order valence-corrected chi connectivity index (χ0v) is 13.3. The van der Waals surface area contributed by atoms with E-state index in [1.165, 1.54) is 19.3 Å². The second-order valence-corrected chi connectivity index (χ2v) is 6.26. The molecule has 1 aliphatic carbocycles. The fourth-order valence-corrected chi connectivity index (χ4v) is 3.28. The minimum Gasteiger partial charge on any atom is -0.379 e. The molecule has 1 N–H and O–H groups in total. The van der Waals surface area contributed by atoms with Crippen LogP contribution in [0.2, 0.25) is 0 Å². The summed E-state index contributed by atoms with van der Waals surface area (Å²) in [4.78, 5) is 18.6. The Morgan fingerprint density at radius 1 is 1.45 bits per heavy atom. The summed E-state index contributed by atoms with van der Waals surface area (Å²) in [5.74, 6) is 2.14. The SMILES string of the molecule is CCn1ccnc1CNC(=O)N1CCOCC(C2CCC2)C1. The second kappa shape index (κ2) is 7.13. The fraction of sp³-hybridized carbons (Fsp3) is 0.750. The molecule has 1 unspecified atom stereocenters. The number of carbonyl (C=O) groups excluding carboxylic acids is 1. The zero-order valence-electron chi connectivity index (χ0n) is 13.3. The maximum atomic E-state index is 12.4. The standard InChI is InChI=1S/C16H26N4O2/c1-2-19-7-6-17-15(19)10-18-16(21)20-8-9-22-12-14(11-20)13-4-3-5-13/h6-7,13-14H,2-5,8-12H2,1H3,(H,18,21). The molecule has 3 rings (SSSR count). The van der Waals surface area contributed by atoms with Gasteiger partial charge in [0, 0.05) is 37.9 Å². The second-order valence-electron chi connectivity index (χ2n) is 6.26. The molecule has 6 heteroatoms. The Balaban J connectivity index is 1.53. The Labute approximate surface area is 131 Å². The molecule has 0 aromatic carbocycles. The number of aromatic nitrogens is 2. The van der Waals surface area contributed by atoms with Gasteiger partial charge in [-0.1, -0.05) is 19.3 Å². The third-order valence-electron chi connectivity index (χ3n) is 4.94. The van der Waals surface area contributed by atoms with Gasteiger partial charge in [-0.3, -0.25) is 0 Å². The number of carbonyl (C=O) groups is 1. The summed E-state index contributed by atoms with van der Waals surface area (Å²) < 4.78 is 7.74. The van der Waals surface area contributed by atoms with Crippen LogP contribution in [0.15, 0.2) is 12.4 Å². The number of rotatable bonds is 4. The van der Waals surface area contributed by atoms with Crippen LogP contribution in [0.4, 0.5) is 4.79 Å². The molecule has 2 amide bonds. The Kier molecular flexibility index (Phi) is 4.97. The molecule has 6 nitrogen and oxygen atoms in total. The lowest BCUT2D eigenvalue weighted by molar-refractivity contribution is 0.0775. The van der Waals surface area contributed by atoms with Crippen molar-refractivity contribution in [3.8, 4) is 0 Å². The Hall–Kier alpha value is -1.56. The molecule has 1 atom stereocenters. The first-order valence-electron chi connectivity index (χ1n) is 8.38. The monoisotopic (exact) mass is 306 g/mol. The first-order valence-corrected chi connectivity index (χ1v) is 8.38. The van der Waals surface area contributed by atoms with Crippen LogP contribution in [-0.4, -0.2) is 46.8 Å². The fourth-order valence-electron chi connectivity index (χ4n) is 3.28. The van der Waals surface area contributed by atoms with Crippen molar-refractivity contribution in [2.45, 2.75) is 39.3 Å². The molecule has 22 heavy (non-hydrogen) atoms. The lowest BCUT2D eigenvalue weighted by Gasteiger charge is -2.34. The van der Waals surface area contributed by atoms with Crippen LogP contribution in [-0.2, 0) is 17.8 Å². The number of ether oxygens (including phenoxy) is 1. The van der Waals surface area contributed by atoms with Crippen molar-refractivity contribution in [2.24, 2.45) is 11.8 Å². The topological polar surface area (TPSA) is 59.4 Å². The Bertz CT molecular complexity index is 498. The minimum atomic E-state index is 0.000441. The lowest BCUT2D eigenvalue weighted by atomic mass is 9.76. The molecule has 0 spiro atoms. The van der Waals surface area contributed by atoms with Crippen LogP contribution >= 0.6 is 0 Å². The van der Waals surface area contributed by atoms with Gasteiger partial charge in [0.1, 0.15) is 5.82 Å². The Morgan fingerprint density at radius 2 is 2.32 bits per heavy atom. The molecular formula is C16H26N4O2. The van der Waals surface area contributed by atoms with Crippen molar-refractivity contribution in [1.82, 2.24) is 19.8 Å². The van der Waals surface area contributed by atoms with E-state index in [2.05, 4.69) is 17.2 Å². The third-order valence-corrected chi connectivity index (χ3v) is 4.94. The van der Waals surface area contributed by atoms with E-state index in [0.29, 0.717) is 25.6 Å². The van der Waals surface area contributed by atoms with Crippen LogP contribution < -0.4 is 5.32 Å². The van der Waals surface area contributed by atoms with Crippen molar-refractivity contribution in [1.29, 1.82) is 0 Å². The van der Waals surface area contributed by atoms with Crippen LogP contribution in [0.1, 0.15) is 32.0 Å². The summed E-state index contributed by atoms with van der Waals surface area (Å²) in [6.45, 7) is 6.35. The number of urea groups is 1. The van der Waals surface area contributed by atoms with Crippen LogP contribution in [0, 0.1) is 11.8 Å². The number of amides is 2. The van der Waals surface area contributed by atoms with Gasteiger partial charge in [0.15, 0.2) is 0 Å². The quantitative estimate of drug-likeness (QED) is 0.923. The average molecular weight is 306 g/mol. The van der Waals surface area contributed by atoms with E-state index in [4.69, 9.17) is 4.74 Å². The number of hydrogen-bond acceptors (Lipinski definition) is 3. The summed E-state index contributed by atoms with van der Waals surface area (Å²) >= 11 is 0. The van der Waals surface area contributed by atoms with E-state index >= 15 is 0 Å². The molecule has 1 aromatic heterocycles. The number of nitrogens with one attached hydrogen (secondary N) is 1. The highest BCUT2D eigenvalue weighted by atomic mass is 16.5. The zero-order chi connectivity index (χ0) is 15.4. The molecule has 1 aliphatic heterocycles. The molecule has 2 heterocycles. The van der Waals surface area contributed by atoms with Gasteiger partial charge in [-0.15, -0.1) is 0 Å². The van der Waals surface area contributed by atoms with Gasteiger partial charge in [-0.25, -0.2) is 9.78 Å². The predicted molar refractivity (Wildman–Crippen MR) is 83.4 cm³/mol. The highest BCUT2D eigenvalue weighted by molar-refractivity contribution is 5.74. The van der Waals surface area contributed by atoms with Crippen molar-refractivity contribution < 1.29 is 9.53 Å². The van der Waals surface area contributed by atoms with Crippen LogP contribution in [0.5, 0.6) is 0 Å². The first-order chi connectivity index (χ1) is 10.8. The third kappa shape index (κ3) is 3.43. The average Bonchev–Trinajstić information content (AvgIpc) is 2.80. The minimum absolute atomic E-state index is 0.000441. The van der Waals surface area contributed by atoms with E-state index in [1.54, 1.807) is 6.20 Å². The van der Waals surface area contributed by atoms with Gasteiger partial charge in [-0.2, -0.15) is 0 Å². The van der Waals surface area contributed by atoms with Gasteiger partial charge >= 0.3 is 6.03 Å². The molecule has 2 aliphatic rings. The smallest absolute Gasteiger partial charge is 0.317 e. The van der Waals surface area contributed by atoms with Crippen molar-refractivity contribution in [3.63, 3.8) is 0 Å². The first kappa shape index (κ1) is 15.3. The summed E-state index contributed by atoms with van der Waals surface area (Å²) in [7, 11) is 0. The maximum absolute atomic E-state index is 12.4. The number of hydrogen-bond donors (Lipinski definition) is 1. The van der Waals surface area contributed by atoms with E-state index in [1.807, 2.05) is 15.7 Å². The van der Waals surface area contributed by atoms with Gasteiger partial charge in [0.05, 0.1) is 19.8 Å². The highest BCUT2D eigenvalue weighted by Gasteiger charge is 2.31. The van der Waals surface area contributed by atoms with Gasteiger partial charge < -0.3 is 19.5 Å². The van der Waals surface area contributed by atoms with Crippen LogP contribution in [0.25, 0.3) is 0 Å². The largest absolute Gasteiger partial charge is 0.379 e. The molecule has 2 fully saturated rings. The van der Waals surface area contributed by atoms with E-state index in [0.717, 1.165) is 31.4 Å². The predicted octanol–water partition coefficient (Wildman–Crippen LogP) is 1.86. The van der Waals surface area contributed by atoms with Gasteiger partial charge in [0.2, 0.25) is 0 Å². The van der Waals surface area contributed by atoms with Gasteiger partial charge in [-0.05, 0) is 12.8 Å². The molecule has 122 valence electrons. The summed E-state index contributed by atoms with van der Waals surface area (Å²) in [6.07, 6.45) is 7.62. The van der Waals surface area contributed by atoms with E-state index in [9.17, 15) is 4.79 Å². The molecule has 0 radical (unpaired) electrons. The molecular weight excluding hydrogens is 280 g/mol. The van der Waals surface area contributed by atoms with E-state index < -0.39 is 0 Å². The summed E-state index contributed by atoms with van der Waals surface area (Å²) in [5.41, 5.74) is 0. The van der Waals surface area contributed by atoms with Crippen LogP contribution in [0.3, 0.4) is 0 Å².